The van der Waals surface area contributed by atoms with Gasteiger partial charge < -0.3 is 9.47 Å². The number of amides is 1. The Morgan fingerprint density at radius 3 is 2.48 bits per heavy atom. The topological polar surface area (TPSA) is 51.0 Å². The van der Waals surface area contributed by atoms with E-state index in [1.807, 2.05) is 11.2 Å². The predicted octanol–water partition coefficient (Wildman–Crippen LogP) is 2.76. The van der Waals surface area contributed by atoms with Gasteiger partial charge in [-0.3, -0.25) is 4.79 Å². The molecule has 0 aromatic carbocycles. The number of rotatable bonds is 3. The molecule has 2 fully saturated rings. The van der Waals surface area contributed by atoms with Gasteiger partial charge in [0, 0.05) is 31.5 Å². The zero-order chi connectivity index (χ0) is 15.0. The molecule has 21 heavy (non-hydrogen) atoms. The maximum atomic E-state index is 12.3. The molecule has 1 aromatic rings. The molecule has 0 atom stereocenters. The van der Waals surface area contributed by atoms with Gasteiger partial charge in [-0.25, -0.2) is 0 Å². The highest BCUT2D eigenvalue weighted by molar-refractivity contribution is 5.76. The zero-order valence-corrected chi connectivity index (χ0v) is 13.4. The normalized spacial score (nSPS) is 20.8. The van der Waals surface area contributed by atoms with Gasteiger partial charge in [-0.2, -0.15) is 0 Å². The fourth-order valence-electron chi connectivity index (χ4n) is 3.13. The maximum absolute atomic E-state index is 12.3. The van der Waals surface area contributed by atoms with E-state index in [4.69, 9.17) is 0 Å². The lowest BCUT2D eigenvalue weighted by molar-refractivity contribution is -0.134. The first-order valence-electron chi connectivity index (χ1n) is 8.11. The standard InChI is InChI=1S/C16H26N4O/c1-16(2,3)10-14(21)19-8-6-12(7-9-19)15-18-17-11-20(15)13-4-5-13/h11-13H,4-10H2,1-3H3. The molecule has 0 unspecified atom stereocenters. The number of carbonyl (C=O) groups is 1. The van der Waals surface area contributed by atoms with Gasteiger partial charge in [0.2, 0.25) is 5.91 Å². The lowest BCUT2D eigenvalue weighted by Gasteiger charge is -2.33. The van der Waals surface area contributed by atoms with Crippen LogP contribution in [0.3, 0.4) is 0 Å². The quantitative estimate of drug-likeness (QED) is 0.860. The average molecular weight is 290 g/mol. The van der Waals surface area contributed by atoms with Crippen LogP contribution < -0.4 is 0 Å². The number of carbonyl (C=O) groups excluding carboxylic acids is 1. The van der Waals surface area contributed by atoms with Crippen LogP contribution >= 0.6 is 0 Å². The highest BCUT2D eigenvalue weighted by atomic mass is 16.2. The van der Waals surface area contributed by atoms with Crippen LogP contribution in [-0.4, -0.2) is 38.7 Å². The van der Waals surface area contributed by atoms with E-state index in [0.717, 1.165) is 31.8 Å². The van der Waals surface area contributed by atoms with Crippen LogP contribution in [0.1, 0.15) is 70.7 Å². The summed E-state index contributed by atoms with van der Waals surface area (Å²) < 4.78 is 2.26. The number of aromatic nitrogens is 3. The summed E-state index contributed by atoms with van der Waals surface area (Å²) in [5.74, 6) is 1.90. The summed E-state index contributed by atoms with van der Waals surface area (Å²) in [4.78, 5) is 14.3. The van der Waals surface area contributed by atoms with Gasteiger partial charge in [0.05, 0.1) is 0 Å². The molecular formula is C16H26N4O. The molecule has 0 N–H and O–H groups in total. The summed E-state index contributed by atoms with van der Waals surface area (Å²) in [6, 6.07) is 0.635. The van der Waals surface area contributed by atoms with Crippen LogP contribution in [0, 0.1) is 5.41 Å². The van der Waals surface area contributed by atoms with Crippen LogP contribution in [0.5, 0.6) is 0 Å². The Bertz CT molecular complexity index is 505. The minimum atomic E-state index is 0.0695. The largest absolute Gasteiger partial charge is 0.343 e. The van der Waals surface area contributed by atoms with Crippen molar-refractivity contribution in [2.75, 3.05) is 13.1 Å². The minimum Gasteiger partial charge on any atom is -0.343 e. The van der Waals surface area contributed by atoms with Crippen molar-refractivity contribution in [2.45, 2.75) is 64.8 Å². The molecule has 0 spiro atoms. The number of piperidine rings is 1. The number of hydrogen-bond donors (Lipinski definition) is 0. The molecule has 3 rings (SSSR count). The van der Waals surface area contributed by atoms with E-state index in [1.165, 1.54) is 12.8 Å². The van der Waals surface area contributed by atoms with Crippen LogP contribution in [0.15, 0.2) is 6.33 Å². The van der Waals surface area contributed by atoms with E-state index in [2.05, 4.69) is 35.5 Å². The van der Waals surface area contributed by atoms with E-state index < -0.39 is 0 Å². The van der Waals surface area contributed by atoms with Gasteiger partial charge in [-0.05, 0) is 31.1 Å². The average Bonchev–Trinajstić information content (AvgIpc) is 3.14. The van der Waals surface area contributed by atoms with E-state index in [0.29, 0.717) is 24.3 Å². The molecule has 116 valence electrons. The van der Waals surface area contributed by atoms with Crippen LogP contribution in [0.25, 0.3) is 0 Å². The lowest BCUT2D eigenvalue weighted by atomic mass is 9.90. The molecule has 2 heterocycles. The molecule has 2 aliphatic rings. The third-order valence-electron chi connectivity index (χ3n) is 4.44. The summed E-state index contributed by atoms with van der Waals surface area (Å²) in [5, 5.41) is 8.43. The first kappa shape index (κ1) is 14.5. The van der Waals surface area contributed by atoms with Crippen LogP contribution in [0.4, 0.5) is 0 Å². The SMILES string of the molecule is CC(C)(C)CC(=O)N1CCC(c2nncn2C2CC2)CC1. The zero-order valence-electron chi connectivity index (χ0n) is 13.4. The molecule has 1 aliphatic heterocycles. The molecule has 5 heteroatoms. The molecule has 0 radical (unpaired) electrons. The smallest absolute Gasteiger partial charge is 0.223 e. The second-order valence-electron chi connectivity index (χ2n) is 7.72. The Morgan fingerprint density at radius 2 is 1.90 bits per heavy atom. The third-order valence-corrected chi connectivity index (χ3v) is 4.44. The molecule has 0 bridgehead atoms. The van der Waals surface area contributed by atoms with Crippen molar-refractivity contribution in [1.29, 1.82) is 0 Å². The van der Waals surface area contributed by atoms with E-state index in [9.17, 15) is 4.79 Å². The number of nitrogens with zero attached hydrogens (tertiary/aromatic N) is 4. The van der Waals surface area contributed by atoms with Crippen molar-refractivity contribution >= 4 is 5.91 Å². The van der Waals surface area contributed by atoms with Gasteiger partial charge in [0.1, 0.15) is 12.2 Å². The fourth-order valence-corrected chi connectivity index (χ4v) is 3.13. The lowest BCUT2D eigenvalue weighted by Crippen LogP contribution is -2.39. The first-order valence-corrected chi connectivity index (χ1v) is 8.11. The van der Waals surface area contributed by atoms with Gasteiger partial charge in [-0.1, -0.05) is 20.8 Å². The Kier molecular flexibility index (Phi) is 3.76. The molecule has 1 saturated heterocycles. The molecule has 1 aromatic heterocycles. The van der Waals surface area contributed by atoms with Crippen molar-refractivity contribution in [1.82, 2.24) is 19.7 Å². The molecule has 1 aliphatic carbocycles. The Hall–Kier alpha value is -1.39. The molecule has 5 nitrogen and oxygen atoms in total. The second kappa shape index (κ2) is 5.43. The summed E-state index contributed by atoms with van der Waals surface area (Å²) in [7, 11) is 0. The fraction of sp³-hybridized carbons (Fsp3) is 0.812. The predicted molar refractivity (Wildman–Crippen MR) is 80.9 cm³/mol. The second-order valence-corrected chi connectivity index (χ2v) is 7.72. The van der Waals surface area contributed by atoms with Gasteiger partial charge in [0.25, 0.3) is 0 Å². The summed E-state index contributed by atoms with van der Waals surface area (Å²) in [5.41, 5.74) is 0.0695. The van der Waals surface area contributed by atoms with Crippen molar-refractivity contribution in [3.8, 4) is 0 Å². The minimum absolute atomic E-state index is 0.0695. The third kappa shape index (κ3) is 3.44. The van der Waals surface area contributed by atoms with E-state index >= 15 is 0 Å². The summed E-state index contributed by atoms with van der Waals surface area (Å²) in [6.07, 6.45) is 7.06. The highest BCUT2D eigenvalue weighted by Gasteiger charge is 2.32. The molecule has 1 amide bonds. The monoisotopic (exact) mass is 290 g/mol. The van der Waals surface area contributed by atoms with Gasteiger partial charge >= 0.3 is 0 Å². The van der Waals surface area contributed by atoms with E-state index in [1.54, 1.807) is 0 Å². The van der Waals surface area contributed by atoms with Crippen molar-refractivity contribution < 1.29 is 4.79 Å². The first-order chi connectivity index (χ1) is 9.94. The molecule has 1 saturated carbocycles. The Labute approximate surface area is 126 Å². The number of likely N-dealkylation sites (tertiary alicyclic amines) is 1. The summed E-state index contributed by atoms with van der Waals surface area (Å²) in [6.45, 7) is 8.08. The Balaban J connectivity index is 1.57. The van der Waals surface area contributed by atoms with Gasteiger partial charge in [-0.15, -0.1) is 10.2 Å². The van der Waals surface area contributed by atoms with Crippen molar-refractivity contribution in [2.24, 2.45) is 5.41 Å². The van der Waals surface area contributed by atoms with Crippen molar-refractivity contribution in [3.63, 3.8) is 0 Å². The Morgan fingerprint density at radius 1 is 1.24 bits per heavy atom. The van der Waals surface area contributed by atoms with Crippen LogP contribution in [-0.2, 0) is 4.79 Å². The van der Waals surface area contributed by atoms with E-state index in [-0.39, 0.29) is 5.41 Å². The number of hydrogen-bond acceptors (Lipinski definition) is 3. The highest BCUT2D eigenvalue weighted by Crippen LogP contribution is 2.38. The van der Waals surface area contributed by atoms with Crippen molar-refractivity contribution in [3.05, 3.63) is 12.2 Å². The van der Waals surface area contributed by atoms with Crippen LogP contribution in [0.2, 0.25) is 0 Å². The molecular weight excluding hydrogens is 264 g/mol. The summed E-state index contributed by atoms with van der Waals surface area (Å²) >= 11 is 0. The van der Waals surface area contributed by atoms with Gasteiger partial charge in [0.15, 0.2) is 0 Å². The maximum Gasteiger partial charge on any atom is 0.223 e.